The highest BCUT2D eigenvalue weighted by atomic mass is 79.9. The van der Waals surface area contributed by atoms with Crippen molar-refractivity contribution in [3.05, 3.63) is 88.6 Å². The molecule has 1 N–H and O–H groups in total. The van der Waals surface area contributed by atoms with Gasteiger partial charge in [-0.2, -0.15) is 0 Å². The molecule has 3 aromatic rings. The molecule has 4 rings (SSSR count). The number of anilines is 1. The fourth-order valence-corrected chi connectivity index (χ4v) is 6.68. The summed E-state index contributed by atoms with van der Waals surface area (Å²) in [5.74, 6) is -0.960. The van der Waals surface area contributed by atoms with Gasteiger partial charge in [0, 0.05) is 17.1 Å². The molecule has 1 fully saturated rings. The van der Waals surface area contributed by atoms with E-state index in [-0.39, 0.29) is 29.1 Å². The minimum Gasteiger partial charge on any atom is -0.497 e. The number of nitrogens with one attached hydrogen (secondary N) is 1. The van der Waals surface area contributed by atoms with Crippen molar-refractivity contribution in [1.29, 1.82) is 0 Å². The number of amides is 2. The molecule has 1 saturated carbocycles. The first-order valence-corrected chi connectivity index (χ1v) is 15.6. The van der Waals surface area contributed by atoms with Crippen molar-refractivity contribution < 1.29 is 27.1 Å². The molecule has 0 bridgehead atoms. The van der Waals surface area contributed by atoms with Crippen molar-refractivity contribution >= 4 is 43.5 Å². The van der Waals surface area contributed by atoms with E-state index in [1.807, 2.05) is 24.3 Å². The molecule has 41 heavy (non-hydrogen) atoms. The van der Waals surface area contributed by atoms with Crippen LogP contribution in [0.4, 0.5) is 10.1 Å². The first kappa shape index (κ1) is 30.5. The van der Waals surface area contributed by atoms with Gasteiger partial charge in [-0.25, -0.2) is 12.8 Å². The van der Waals surface area contributed by atoms with E-state index in [1.54, 1.807) is 6.92 Å². The molecular formula is C30H33BrFN3O5S. The SMILES string of the molecule is COc1ccc(S(=O)(=O)N(CC(=O)N(Cc2cccc(Br)c2)C(C)C(=O)NC2CCCC2)c2ccc(F)cc2)cc1. The Morgan fingerprint density at radius 3 is 2.32 bits per heavy atom. The van der Waals surface area contributed by atoms with Crippen LogP contribution in [0.2, 0.25) is 0 Å². The van der Waals surface area contributed by atoms with Crippen molar-refractivity contribution in [1.82, 2.24) is 10.2 Å². The molecule has 0 saturated heterocycles. The topological polar surface area (TPSA) is 96.0 Å². The van der Waals surface area contributed by atoms with Gasteiger partial charge in [-0.05, 0) is 86.0 Å². The number of sulfonamides is 1. The van der Waals surface area contributed by atoms with Gasteiger partial charge < -0.3 is 15.0 Å². The Bertz CT molecular complexity index is 1460. The predicted octanol–water partition coefficient (Wildman–Crippen LogP) is 5.27. The number of carbonyl (C=O) groups is 2. The summed E-state index contributed by atoms with van der Waals surface area (Å²) in [5.41, 5.74) is 0.876. The Morgan fingerprint density at radius 1 is 1.05 bits per heavy atom. The third kappa shape index (κ3) is 7.65. The van der Waals surface area contributed by atoms with Crippen molar-refractivity contribution in [3.63, 3.8) is 0 Å². The molecule has 11 heteroatoms. The predicted molar refractivity (Wildman–Crippen MR) is 158 cm³/mol. The molecule has 3 aromatic carbocycles. The van der Waals surface area contributed by atoms with Crippen molar-refractivity contribution in [2.75, 3.05) is 18.0 Å². The number of methoxy groups -OCH3 is 1. The zero-order valence-electron chi connectivity index (χ0n) is 22.9. The number of halogens is 2. The van der Waals surface area contributed by atoms with Gasteiger partial charge in [-0.15, -0.1) is 0 Å². The van der Waals surface area contributed by atoms with Crippen LogP contribution in [-0.2, 0) is 26.2 Å². The van der Waals surface area contributed by atoms with Crippen molar-refractivity contribution in [2.45, 2.75) is 56.1 Å². The smallest absolute Gasteiger partial charge is 0.264 e. The Labute approximate surface area is 248 Å². The molecule has 2 amide bonds. The lowest BCUT2D eigenvalue weighted by atomic mass is 10.1. The second-order valence-electron chi connectivity index (χ2n) is 9.98. The third-order valence-corrected chi connectivity index (χ3v) is 9.43. The zero-order valence-corrected chi connectivity index (χ0v) is 25.3. The molecule has 0 radical (unpaired) electrons. The lowest BCUT2D eigenvalue weighted by Gasteiger charge is -2.32. The largest absolute Gasteiger partial charge is 0.497 e. The monoisotopic (exact) mass is 645 g/mol. The normalized spacial score (nSPS) is 14.3. The Kier molecular flexibility index (Phi) is 10.0. The van der Waals surface area contributed by atoms with Crippen LogP contribution in [0.15, 0.2) is 82.2 Å². The van der Waals surface area contributed by atoms with Crippen LogP contribution in [0.5, 0.6) is 5.75 Å². The van der Waals surface area contributed by atoms with Crippen molar-refractivity contribution in [3.8, 4) is 5.75 Å². The molecule has 0 heterocycles. The van der Waals surface area contributed by atoms with E-state index >= 15 is 0 Å². The van der Waals surface area contributed by atoms with Crippen LogP contribution < -0.4 is 14.4 Å². The highest BCUT2D eigenvalue weighted by molar-refractivity contribution is 9.10. The average molecular weight is 647 g/mol. The highest BCUT2D eigenvalue weighted by Crippen LogP contribution is 2.27. The van der Waals surface area contributed by atoms with E-state index in [4.69, 9.17) is 4.74 Å². The highest BCUT2D eigenvalue weighted by Gasteiger charge is 2.33. The van der Waals surface area contributed by atoms with E-state index in [2.05, 4.69) is 21.2 Å². The zero-order chi connectivity index (χ0) is 29.6. The van der Waals surface area contributed by atoms with Gasteiger partial charge in [0.2, 0.25) is 11.8 Å². The molecule has 0 aromatic heterocycles. The summed E-state index contributed by atoms with van der Waals surface area (Å²) >= 11 is 3.44. The number of rotatable bonds is 11. The average Bonchev–Trinajstić information content (AvgIpc) is 3.48. The van der Waals surface area contributed by atoms with E-state index in [0.717, 1.165) is 52.2 Å². The molecule has 0 aliphatic heterocycles. The third-order valence-electron chi connectivity index (χ3n) is 7.15. The Morgan fingerprint density at radius 2 is 1.71 bits per heavy atom. The maximum Gasteiger partial charge on any atom is 0.264 e. The van der Waals surface area contributed by atoms with E-state index < -0.39 is 34.3 Å². The molecular weight excluding hydrogens is 613 g/mol. The van der Waals surface area contributed by atoms with Crippen LogP contribution in [0.3, 0.4) is 0 Å². The maximum atomic E-state index is 14.0. The molecule has 1 aliphatic rings. The number of hydrogen-bond acceptors (Lipinski definition) is 5. The molecule has 1 aliphatic carbocycles. The van der Waals surface area contributed by atoms with Gasteiger partial charge in [0.25, 0.3) is 10.0 Å². The van der Waals surface area contributed by atoms with E-state index in [9.17, 15) is 22.4 Å². The summed E-state index contributed by atoms with van der Waals surface area (Å²) < 4.78 is 48.4. The Hall–Kier alpha value is -3.44. The summed E-state index contributed by atoms with van der Waals surface area (Å²) in [6.07, 6.45) is 3.85. The van der Waals surface area contributed by atoms with E-state index in [0.29, 0.717) is 5.75 Å². The van der Waals surface area contributed by atoms with Crippen molar-refractivity contribution in [2.24, 2.45) is 0 Å². The van der Waals surface area contributed by atoms with Crippen LogP contribution in [0.1, 0.15) is 38.2 Å². The van der Waals surface area contributed by atoms with Gasteiger partial charge in [0.05, 0.1) is 17.7 Å². The molecule has 8 nitrogen and oxygen atoms in total. The maximum absolute atomic E-state index is 14.0. The first-order chi connectivity index (χ1) is 19.6. The van der Waals surface area contributed by atoms with Crippen LogP contribution in [0, 0.1) is 5.82 Å². The molecule has 1 atom stereocenters. The number of ether oxygens (including phenoxy) is 1. The summed E-state index contributed by atoms with van der Waals surface area (Å²) in [4.78, 5) is 28.6. The number of hydrogen-bond donors (Lipinski definition) is 1. The second kappa shape index (κ2) is 13.5. The quantitative estimate of drug-likeness (QED) is 0.307. The summed E-state index contributed by atoms with van der Waals surface area (Å²) in [6, 6.07) is 17.2. The van der Waals surface area contributed by atoms with Gasteiger partial charge in [0.1, 0.15) is 24.2 Å². The lowest BCUT2D eigenvalue weighted by molar-refractivity contribution is -0.139. The molecule has 218 valence electrons. The fourth-order valence-electron chi connectivity index (χ4n) is 4.82. The fraction of sp³-hybridized carbons (Fsp3) is 0.333. The van der Waals surface area contributed by atoms with Gasteiger partial charge >= 0.3 is 0 Å². The van der Waals surface area contributed by atoms with Crippen LogP contribution in [-0.4, -0.2) is 50.9 Å². The van der Waals surface area contributed by atoms with Gasteiger partial charge in [-0.3, -0.25) is 13.9 Å². The minimum atomic E-state index is -4.26. The summed E-state index contributed by atoms with van der Waals surface area (Å²) in [5, 5.41) is 3.04. The lowest BCUT2D eigenvalue weighted by Crippen LogP contribution is -2.52. The standard InChI is InChI=1S/C30H33BrFN3O5S/c1-21(30(37)33-25-8-3-4-9-25)34(19-22-6-5-7-23(31)18-22)29(36)20-35(26-12-10-24(32)11-13-26)41(38,39)28-16-14-27(40-2)15-17-28/h5-7,10-18,21,25H,3-4,8-9,19-20H2,1-2H3,(H,33,37). The molecule has 1 unspecified atom stereocenters. The van der Waals surface area contributed by atoms with Crippen LogP contribution in [0.25, 0.3) is 0 Å². The van der Waals surface area contributed by atoms with E-state index in [1.165, 1.54) is 48.4 Å². The number of benzene rings is 3. The van der Waals surface area contributed by atoms with Gasteiger partial charge in [-0.1, -0.05) is 40.9 Å². The minimum absolute atomic E-state index is 0.0546. The Balaban J connectivity index is 1.68. The summed E-state index contributed by atoms with van der Waals surface area (Å²) in [6.45, 7) is 1.12. The summed E-state index contributed by atoms with van der Waals surface area (Å²) in [7, 11) is -2.80. The first-order valence-electron chi connectivity index (χ1n) is 13.3. The van der Waals surface area contributed by atoms with Crippen LogP contribution >= 0.6 is 15.9 Å². The number of carbonyl (C=O) groups excluding carboxylic acids is 2. The number of nitrogens with zero attached hydrogens (tertiary/aromatic N) is 2. The molecule has 0 spiro atoms. The van der Waals surface area contributed by atoms with Gasteiger partial charge in [0.15, 0.2) is 0 Å². The second-order valence-corrected chi connectivity index (χ2v) is 12.8.